The zero-order valence-electron chi connectivity index (χ0n) is 10.4. The molecule has 5 heteroatoms. The number of rotatable bonds is 2. The molecule has 0 spiro atoms. The molecule has 0 amide bonds. The molecule has 4 nitrogen and oxygen atoms in total. The van der Waals surface area contributed by atoms with Gasteiger partial charge in [-0.15, -0.1) is 0 Å². The molecule has 1 radical (unpaired) electrons. The molecule has 95 valence electrons. The van der Waals surface area contributed by atoms with Crippen molar-refractivity contribution >= 4 is 10.0 Å². The van der Waals surface area contributed by atoms with E-state index < -0.39 is 10.0 Å². The van der Waals surface area contributed by atoms with Crippen molar-refractivity contribution in [2.75, 3.05) is 32.4 Å². The largest absolute Gasteiger partial charge is 0.369 e. The Morgan fingerprint density at radius 2 is 1.82 bits per heavy atom. The summed E-state index contributed by atoms with van der Waals surface area (Å²) in [5.74, 6) is 0. The maximum absolute atomic E-state index is 11.4. The molecule has 0 aromatic carbocycles. The molecule has 1 aliphatic heterocycles. The number of allylic oxidation sites excluding steroid dienone is 3. The molecule has 1 aliphatic carbocycles. The van der Waals surface area contributed by atoms with E-state index in [-0.39, 0.29) is 0 Å². The molecule has 0 aromatic heterocycles. The Hall–Kier alpha value is -0.810. The first-order valence-electron chi connectivity index (χ1n) is 5.89. The molecule has 0 N–H and O–H groups in total. The molecule has 2 aliphatic rings. The van der Waals surface area contributed by atoms with Crippen molar-refractivity contribution in [1.29, 1.82) is 0 Å². The Balaban J connectivity index is 2.00. The summed E-state index contributed by atoms with van der Waals surface area (Å²) in [6.45, 7) is 4.85. The number of hydrogen-bond donors (Lipinski definition) is 0. The first-order chi connectivity index (χ1) is 7.98. The average Bonchev–Trinajstić information content (AvgIpc) is 2.29. The topological polar surface area (TPSA) is 40.6 Å². The van der Waals surface area contributed by atoms with Gasteiger partial charge >= 0.3 is 0 Å². The summed E-state index contributed by atoms with van der Waals surface area (Å²) in [5, 5.41) is 0. The lowest BCUT2D eigenvalue weighted by Gasteiger charge is -2.37. The van der Waals surface area contributed by atoms with Crippen molar-refractivity contribution in [3.63, 3.8) is 0 Å². The van der Waals surface area contributed by atoms with Crippen molar-refractivity contribution in [2.45, 2.75) is 13.3 Å². The van der Waals surface area contributed by atoms with E-state index in [1.807, 2.05) is 0 Å². The van der Waals surface area contributed by atoms with Gasteiger partial charge in [-0.05, 0) is 25.3 Å². The van der Waals surface area contributed by atoms with Crippen LogP contribution in [0.15, 0.2) is 23.4 Å². The van der Waals surface area contributed by atoms with Gasteiger partial charge in [0.05, 0.1) is 6.26 Å². The number of piperazine rings is 1. The van der Waals surface area contributed by atoms with Gasteiger partial charge in [0.2, 0.25) is 10.0 Å². The van der Waals surface area contributed by atoms with Crippen LogP contribution >= 0.6 is 0 Å². The number of hydrogen-bond acceptors (Lipinski definition) is 3. The second kappa shape index (κ2) is 4.82. The van der Waals surface area contributed by atoms with Crippen LogP contribution in [-0.2, 0) is 10.0 Å². The van der Waals surface area contributed by atoms with Gasteiger partial charge in [0.25, 0.3) is 0 Å². The van der Waals surface area contributed by atoms with Crippen molar-refractivity contribution in [3.05, 3.63) is 29.8 Å². The minimum atomic E-state index is -3.03. The van der Waals surface area contributed by atoms with Crippen LogP contribution in [0, 0.1) is 6.42 Å². The average molecular weight is 255 g/mol. The predicted octanol–water partition coefficient (Wildman–Crippen LogP) is 1.00. The third-order valence-corrected chi connectivity index (χ3v) is 4.57. The monoisotopic (exact) mass is 255 g/mol. The quantitative estimate of drug-likeness (QED) is 0.739. The first kappa shape index (κ1) is 12.6. The summed E-state index contributed by atoms with van der Waals surface area (Å²) in [6, 6.07) is 0. The van der Waals surface area contributed by atoms with Gasteiger partial charge in [0.15, 0.2) is 0 Å². The Kier molecular flexibility index (Phi) is 3.58. The van der Waals surface area contributed by atoms with Gasteiger partial charge in [0, 0.05) is 31.9 Å². The van der Waals surface area contributed by atoms with E-state index in [2.05, 4.69) is 30.4 Å². The van der Waals surface area contributed by atoms with Crippen LogP contribution in [-0.4, -0.2) is 50.1 Å². The Morgan fingerprint density at radius 3 is 2.35 bits per heavy atom. The normalized spacial score (nSPS) is 23.3. The van der Waals surface area contributed by atoms with Gasteiger partial charge in [-0.3, -0.25) is 0 Å². The fourth-order valence-electron chi connectivity index (χ4n) is 2.31. The highest BCUT2D eigenvalue weighted by Gasteiger charge is 2.25. The van der Waals surface area contributed by atoms with Crippen LogP contribution in [0.5, 0.6) is 0 Å². The third-order valence-electron chi connectivity index (χ3n) is 3.27. The molecule has 0 unspecified atom stereocenters. The molecule has 2 rings (SSSR count). The van der Waals surface area contributed by atoms with E-state index in [4.69, 9.17) is 0 Å². The van der Waals surface area contributed by atoms with Crippen molar-refractivity contribution in [2.24, 2.45) is 0 Å². The van der Waals surface area contributed by atoms with Gasteiger partial charge in [-0.1, -0.05) is 12.2 Å². The van der Waals surface area contributed by atoms with Gasteiger partial charge in [-0.2, -0.15) is 4.31 Å². The SMILES string of the molecule is CC1=C[CH]CC=C1N1CCN(S(C)(=O)=O)CC1. The zero-order chi connectivity index (χ0) is 12.5. The summed E-state index contributed by atoms with van der Waals surface area (Å²) < 4.78 is 24.4. The highest BCUT2D eigenvalue weighted by molar-refractivity contribution is 7.88. The second-order valence-electron chi connectivity index (χ2n) is 4.56. The van der Waals surface area contributed by atoms with E-state index in [1.54, 1.807) is 4.31 Å². The second-order valence-corrected chi connectivity index (χ2v) is 6.54. The predicted molar refractivity (Wildman–Crippen MR) is 68.7 cm³/mol. The van der Waals surface area contributed by atoms with Crippen LogP contribution in [0.1, 0.15) is 13.3 Å². The van der Waals surface area contributed by atoms with Crippen LogP contribution in [0.25, 0.3) is 0 Å². The molecular formula is C12H19N2O2S. The zero-order valence-corrected chi connectivity index (χ0v) is 11.2. The first-order valence-corrected chi connectivity index (χ1v) is 7.74. The summed E-state index contributed by atoms with van der Waals surface area (Å²) in [5.41, 5.74) is 2.53. The van der Waals surface area contributed by atoms with E-state index in [0.29, 0.717) is 13.1 Å². The standard InChI is InChI=1S/C12H19N2O2S/c1-11-5-3-4-6-12(11)13-7-9-14(10-8-13)17(2,15)16/h3,5-6H,4,7-10H2,1-2H3. The third kappa shape index (κ3) is 2.90. The van der Waals surface area contributed by atoms with Gasteiger partial charge < -0.3 is 4.90 Å². The molecule has 1 heterocycles. The van der Waals surface area contributed by atoms with Gasteiger partial charge in [0.1, 0.15) is 0 Å². The van der Waals surface area contributed by atoms with Crippen LogP contribution < -0.4 is 0 Å². The lowest BCUT2D eigenvalue weighted by atomic mass is 10.0. The van der Waals surface area contributed by atoms with E-state index in [9.17, 15) is 8.42 Å². The molecule has 1 saturated heterocycles. The minimum Gasteiger partial charge on any atom is -0.369 e. The van der Waals surface area contributed by atoms with E-state index in [0.717, 1.165) is 19.5 Å². The maximum atomic E-state index is 11.4. The molecule has 0 saturated carbocycles. The van der Waals surface area contributed by atoms with Crippen molar-refractivity contribution in [1.82, 2.24) is 9.21 Å². The van der Waals surface area contributed by atoms with Crippen molar-refractivity contribution in [3.8, 4) is 0 Å². The lowest BCUT2D eigenvalue weighted by molar-refractivity contribution is 0.232. The summed E-state index contributed by atoms with van der Waals surface area (Å²) in [7, 11) is -3.03. The highest BCUT2D eigenvalue weighted by atomic mass is 32.2. The summed E-state index contributed by atoms with van der Waals surface area (Å²) in [4.78, 5) is 2.28. The molecule has 1 fully saturated rings. The molecule has 0 aromatic rings. The molecule has 17 heavy (non-hydrogen) atoms. The Morgan fingerprint density at radius 1 is 1.18 bits per heavy atom. The van der Waals surface area contributed by atoms with E-state index >= 15 is 0 Å². The van der Waals surface area contributed by atoms with Crippen LogP contribution in [0.4, 0.5) is 0 Å². The van der Waals surface area contributed by atoms with Crippen LogP contribution in [0.2, 0.25) is 0 Å². The fraction of sp³-hybridized carbons (Fsp3) is 0.583. The number of nitrogens with zero attached hydrogens (tertiary/aromatic N) is 2. The maximum Gasteiger partial charge on any atom is 0.211 e. The smallest absolute Gasteiger partial charge is 0.211 e. The summed E-state index contributed by atoms with van der Waals surface area (Å²) in [6.07, 6.45) is 8.75. The lowest BCUT2D eigenvalue weighted by Crippen LogP contribution is -2.48. The van der Waals surface area contributed by atoms with E-state index in [1.165, 1.54) is 17.5 Å². The molecule has 0 atom stereocenters. The van der Waals surface area contributed by atoms with Gasteiger partial charge in [-0.25, -0.2) is 8.42 Å². The Bertz CT molecular complexity index is 443. The Labute approximate surface area is 104 Å². The van der Waals surface area contributed by atoms with Crippen molar-refractivity contribution < 1.29 is 8.42 Å². The fourth-order valence-corrected chi connectivity index (χ4v) is 3.14. The summed E-state index contributed by atoms with van der Waals surface area (Å²) >= 11 is 0. The number of sulfonamides is 1. The molecular weight excluding hydrogens is 236 g/mol. The molecule has 0 bridgehead atoms. The van der Waals surface area contributed by atoms with Crippen LogP contribution in [0.3, 0.4) is 0 Å². The minimum absolute atomic E-state index is 0.590. The highest BCUT2D eigenvalue weighted by Crippen LogP contribution is 2.22.